The van der Waals surface area contributed by atoms with Crippen LogP contribution in [-0.4, -0.2) is 11.0 Å². The normalized spacial score (nSPS) is 13.0. The molecular formula is C10H15ClN2. The van der Waals surface area contributed by atoms with Crippen molar-refractivity contribution in [2.45, 2.75) is 26.8 Å². The van der Waals surface area contributed by atoms with Gasteiger partial charge in [0.2, 0.25) is 0 Å². The van der Waals surface area contributed by atoms with Crippen LogP contribution in [0.5, 0.6) is 0 Å². The van der Waals surface area contributed by atoms with E-state index in [0.717, 1.165) is 5.69 Å². The van der Waals surface area contributed by atoms with Gasteiger partial charge < -0.3 is 5.32 Å². The lowest BCUT2D eigenvalue weighted by Gasteiger charge is -2.18. The van der Waals surface area contributed by atoms with Crippen molar-refractivity contribution < 1.29 is 0 Å². The molecular weight excluding hydrogens is 184 g/mol. The van der Waals surface area contributed by atoms with Gasteiger partial charge in [-0.2, -0.15) is 0 Å². The first kappa shape index (κ1) is 10.3. The smallest absolute Gasteiger partial charge is 0.152 e. The first-order valence-corrected chi connectivity index (χ1v) is 4.86. The van der Waals surface area contributed by atoms with E-state index in [0.29, 0.717) is 17.1 Å². The van der Waals surface area contributed by atoms with Crippen LogP contribution in [0, 0.1) is 5.92 Å². The Kier molecular flexibility index (Phi) is 3.55. The molecule has 0 radical (unpaired) electrons. The highest BCUT2D eigenvalue weighted by Crippen LogP contribution is 2.19. The van der Waals surface area contributed by atoms with Crippen molar-refractivity contribution >= 4 is 17.3 Å². The Labute approximate surface area is 84.3 Å². The summed E-state index contributed by atoms with van der Waals surface area (Å²) in [6.45, 7) is 6.47. The van der Waals surface area contributed by atoms with Crippen molar-refractivity contribution in [3.8, 4) is 0 Å². The molecule has 0 saturated carbocycles. The second-order valence-corrected chi connectivity index (χ2v) is 3.88. The van der Waals surface area contributed by atoms with Crippen LogP contribution in [0.4, 0.5) is 5.69 Å². The number of rotatable bonds is 3. The van der Waals surface area contributed by atoms with Gasteiger partial charge in [-0.3, -0.25) is 0 Å². The fourth-order valence-corrected chi connectivity index (χ4v) is 1.08. The number of nitrogens with one attached hydrogen (secondary N) is 1. The lowest BCUT2D eigenvalue weighted by Crippen LogP contribution is -2.21. The summed E-state index contributed by atoms with van der Waals surface area (Å²) in [7, 11) is 0. The number of hydrogen-bond donors (Lipinski definition) is 1. The summed E-state index contributed by atoms with van der Waals surface area (Å²) in [5, 5.41) is 3.85. The molecule has 0 spiro atoms. The molecule has 1 heterocycles. The first-order valence-electron chi connectivity index (χ1n) is 4.48. The molecule has 13 heavy (non-hydrogen) atoms. The Morgan fingerprint density at radius 2 is 2.08 bits per heavy atom. The highest BCUT2D eigenvalue weighted by Gasteiger charge is 2.08. The Morgan fingerprint density at radius 1 is 1.38 bits per heavy atom. The predicted octanol–water partition coefficient (Wildman–Crippen LogP) is 3.19. The highest BCUT2D eigenvalue weighted by atomic mass is 35.5. The molecule has 0 bridgehead atoms. The van der Waals surface area contributed by atoms with E-state index < -0.39 is 0 Å². The summed E-state index contributed by atoms with van der Waals surface area (Å²) in [5.41, 5.74) is 0.908. The number of anilines is 1. The van der Waals surface area contributed by atoms with E-state index in [1.54, 1.807) is 6.20 Å². The largest absolute Gasteiger partial charge is 0.380 e. The molecule has 1 aromatic heterocycles. The summed E-state index contributed by atoms with van der Waals surface area (Å²) in [5.74, 6) is 0.580. The third kappa shape index (κ3) is 2.88. The van der Waals surface area contributed by atoms with Gasteiger partial charge in [0.1, 0.15) is 0 Å². The molecule has 0 saturated heterocycles. The van der Waals surface area contributed by atoms with Crippen LogP contribution in [0.2, 0.25) is 5.15 Å². The van der Waals surface area contributed by atoms with Crippen molar-refractivity contribution in [1.29, 1.82) is 0 Å². The zero-order valence-corrected chi connectivity index (χ0v) is 8.97. The molecule has 1 aromatic rings. The molecule has 0 fully saturated rings. The van der Waals surface area contributed by atoms with Gasteiger partial charge in [-0.1, -0.05) is 25.4 Å². The minimum atomic E-state index is 0.404. The molecule has 1 rings (SSSR count). The molecule has 0 aromatic carbocycles. The SMILES string of the molecule is CC(C)C(C)Nc1cccnc1Cl. The van der Waals surface area contributed by atoms with Crippen LogP contribution in [0.3, 0.4) is 0 Å². The van der Waals surface area contributed by atoms with Gasteiger partial charge in [0.15, 0.2) is 5.15 Å². The number of nitrogens with zero attached hydrogens (tertiary/aromatic N) is 1. The summed E-state index contributed by atoms with van der Waals surface area (Å²) in [4.78, 5) is 3.99. The van der Waals surface area contributed by atoms with Crippen molar-refractivity contribution in [3.05, 3.63) is 23.5 Å². The Bertz CT molecular complexity index is 273. The average Bonchev–Trinajstić information content (AvgIpc) is 2.08. The molecule has 2 nitrogen and oxygen atoms in total. The van der Waals surface area contributed by atoms with Crippen molar-refractivity contribution in [2.24, 2.45) is 5.92 Å². The van der Waals surface area contributed by atoms with E-state index in [4.69, 9.17) is 11.6 Å². The Balaban J connectivity index is 2.69. The molecule has 1 N–H and O–H groups in total. The van der Waals surface area contributed by atoms with Crippen molar-refractivity contribution in [1.82, 2.24) is 4.98 Å². The number of aromatic nitrogens is 1. The highest BCUT2D eigenvalue weighted by molar-refractivity contribution is 6.31. The fourth-order valence-electron chi connectivity index (χ4n) is 0.906. The minimum Gasteiger partial charge on any atom is -0.380 e. The third-order valence-electron chi connectivity index (χ3n) is 2.14. The molecule has 0 aliphatic heterocycles. The maximum Gasteiger partial charge on any atom is 0.152 e. The van der Waals surface area contributed by atoms with E-state index in [1.807, 2.05) is 12.1 Å². The molecule has 0 aliphatic carbocycles. The fraction of sp³-hybridized carbons (Fsp3) is 0.500. The second kappa shape index (κ2) is 4.47. The molecule has 0 amide bonds. The number of hydrogen-bond acceptors (Lipinski definition) is 2. The van der Waals surface area contributed by atoms with Crippen LogP contribution < -0.4 is 5.32 Å². The van der Waals surface area contributed by atoms with E-state index in [2.05, 4.69) is 31.1 Å². The van der Waals surface area contributed by atoms with Crippen LogP contribution in [0.15, 0.2) is 18.3 Å². The molecule has 1 unspecified atom stereocenters. The zero-order chi connectivity index (χ0) is 9.84. The van der Waals surface area contributed by atoms with Crippen LogP contribution in [0.25, 0.3) is 0 Å². The van der Waals surface area contributed by atoms with Crippen molar-refractivity contribution in [3.63, 3.8) is 0 Å². The molecule has 3 heteroatoms. The quantitative estimate of drug-likeness (QED) is 0.755. The van der Waals surface area contributed by atoms with E-state index in [9.17, 15) is 0 Å². The van der Waals surface area contributed by atoms with Gasteiger partial charge in [0.25, 0.3) is 0 Å². The zero-order valence-electron chi connectivity index (χ0n) is 8.21. The monoisotopic (exact) mass is 198 g/mol. The standard InChI is InChI=1S/C10H15ClN2/c1-7(2)8(3)13-9-5-4-6-12-10(9)11/h4-8,13H,1-3H3. The maximum absolute atomic E-state index is 5.90. The van der Waals surface area contributed by atoms with Gasteiger partial charge in [-0.25, -0.2) is 4.98 Å². The Morgan fingerprint density at radius 3 is 2.62 bits per heavy atom. The first-order chi connectivity index (χ1) is 6.11. The molecule has 1 atom stereocenters. The predicted molar refractivity (Wildman–Crippen MR) is 57.2 cm³/mol. The third-order valence-corrected chi connectivity index (χ3v) is 2.44. The summed E-state index contributed by atoms with van der Waals surface area (Å²) >= 11 is 5.90. The van der Waals surface area contributed by atoms with Gasteiger partial charge in [-0.05, 0) is 25.0 Å². The topological polar surface area (TPSA) is 24.9 Å². The Hall–Kier alpha value is -0.760. The van der Waals surface area contributed by atoms with Crippen molar-refractivity contribution in [2.75, 3.05) is 5.32 Å². The van der Waals surface area contributed by atoms with Gasteiger partial charge in [-0.15, -0.1) is 0 Å². The van der Waals surface area contributed by atoms with Gasteiger partial charge in [0.05, 0.1) is 5.69 Å². The van der Waals surface area contributed by atoms with Crippen LogP contribution >= 0.6 is 11.6 Å². The lowest BCUT2D eigenvalue weighted by atomic mass is 10.1. The molecule has 0 aliphatic rings. The van der Waals surface area contributed by atoms with E-state index in [-0.39, 0.29) is 0 Å². The van der Waals surface area contributed by atoms with Crippen LogP contribution in [0.1, 0.15) is 20.8 Å². The second-order valence-electron chi connectivity index (χ2n) is 3.52. The summed E-state index contributed by atoms with van der Waals surface area (Å²) in [6.07, 6.45) is 1.69. The lowest BCUT2D eigenvalue weighted by molar-refractivity contribution is 0.560. The van der Waals surface area contributed by atoms with Gasteiger partial charge >= 0.3 is 0 Å². The van der Waals surface area contributed by atoms with Crippen LogP contribution in [-0.2, 0) is 0 Å². The summed E-state index contributed by atoms with van der Waals surface area (Å²) in [6, 6.07) is 4.22. The average molecular weight is 199 g/mol. The number of pyridine rings is 1. The van der Waals surface area contributed by atoms with E-state index >= 15 is 0 Å². The van der Waals surface area contributed by atoms with Gasteiger partial charge in [0, 0.05) is 12.2 Å². The maximum atomic E-state index is 5.90. The minimum absolute atomic E-state index is 0.404. The summed E-state index contributed by atoms with van der Waals surface area (Å²) < 4.78 is 0. The molecule has 72 valence electrons. The van der Waals surface area contributed by atoms with E-state index in [1.165, 1.54) is 0 Å². The number of halogens is 1.